The lowest BCUT2D eigenvalue weighted by Crippen LogP contribution is -2.36. The molecule has 1 aliphatic rings. The van der Waals surface area contributed by atoms with Crippen LogP contribution in [0.3, 0.4) is 0 Å². The van der Waals surface area contributed by atoms with E-state index in [1.165, 1.54) is 4.52 Å². The molecule has 1 aliphatic carbocycles. The average Bonchev–Trinajstić information content (AvgIpc) is 3.51. The monoisotopic (exact) mass is 394 g/mol. The number of methoxy groups -OCH3 is 1. The minimum Gasteiger partial charge on any atom is -0.497 e. The Morgan fingerprint density at radius 2 is 2.00 bits per heavy atom. The SMILES string of the molecule is COc1ccc(CN(C(=O)COC(=O)c2c(C)nn3cccnc23)C2CC2)cc1. The first-order chi connectivity index (χ1) is 14.1. The molecule has 3 aromatic rings. The number of aromatic nitrogens is 3. The number of nitrogens with zero attached hydrogens (tertiary/aromatic N) is 4. The molecule has 0 atom stereocenters. The smallest absolute Gasteiger partial charge is 0.344 e. The summed E-state index contributed by atoms with van der Waals surface area (Å²) in [5, 5.41) is 4.25. The first kappa shape index (κ1) is 18.9. The molecule has 0 bridgehead atoms. The Labute approximate surface area is 168 Å². The van der Waals surface area contributed by atoms with Crippen LogP contribution in [0.1, 0.15) is 34.5 Å². The van der Waals surface area contributed by atoms with Gasteiger partial charge in [0.05, 0.1) is 12.8 Å². The van der Waals surface area contributed by atoms with E-state index in [9.17, 15) is 9.59 Å². The summed E-state index contributed by atoms with van der Waals surface area (Å²) in [5.41, 5.74) is 2.21. The molecule has 150 valence electrons. The highest BCUT2D eigenvalue weighted by Gasteiger charge is 2.33. The molecule has 0 aliphatic heterocycles. The van der Waals surface area contributed by atoms with Crippen LogP contribution in [-0.2, 0) is 16.1 Å². The van der Waals surface area contributed by atoms with Crippen LogP contribution in [-0.4, -0.2) is 51.1 Å². The van der Waals surface area contributed by atoms with E-state index in [2.05, 4.69) is 10.1 Å². The number of benzene rings is 1. The highest BCUT2D eigenvalue weighted by atomic mass is 16.5. The number of amides is 1. The van der Waals surface area contributed by atoms with Crippen molar-refractivity contribution in [2.24, 2.45) is 0 Å². The molecule has 2 aromatic heterocycles. The van der Waals surface area contributed by atoms with E-state index in [0.29, 0.717) is 17.9 Å². The molecule has 29 heavy (non-hydrogen) atoms. The minimum absolute atomic E-state index is 0.198. The topological polar surface area (TPSA) is 86.0 Å². The number of hydrogen-bond acceptors (Lipinski definition) is 6. The zero-order valence-corrected chi connectivity index (χ0v) is 16.4. The van der Waals surface area contributed by atoms with E-state index < -0.39 is 5.97 Å². The second-order valence-electron chi connectivity index (χ2n) is 7.03. The Kier molecular flexibility index (Phi) is 5.16. The van der Waals surface area contributed by atoms with Crippen molar-refractivity contribution in [2.45, 2.75) is 32.4 Å². The van der Waals surface area contributed by atoms with Crippen LogP contribution in [0.5, 0.6) is 5.75 Å². The van der Waals surface area contributed by atoms with Crippen molar-refractivity contribution in [1.29, 1.82) is 0 Å². The number of aryl methyl sites for hydroxylation is 1. The van der Waals surface area contributed by atoms with Crippen LogP contribution in [0.2, 0.25) is 0 Å². The van der Waals surface area contributed by atoms with Crippen LogP contribution >= 0.6 is 0 Å². The average molecular weight is 394 g/mol. The molecular weight excluding hydrogens is 372 g/mol. The predicted octanol–water partition coefficient (Wildman–Crippen LogP) is 2.39. The molecule has 8 heteroatoms. The third-order valence-corrected chi connectivity index (χ3v) is 4.92. The zero-order chi connectivity index (χ0) is 20.4. The summed E-state index contributed by atoms with van der Waals surface area (Å²) >= 11 is 0. The van der Waals surface area contributed by atoms with E-state index in [1.54, 1.807) is 37.4 Å². The molecule has 8 nitrogen and oxygen atoms in total. The van der Waals surface area contributed by atoms with E-state index in [4.69, 9.17) is 9.47 Å². The van der Waals surface area contributed by atoms with Crippen LogP contribution in [0, 0.1) is 6.92 Å². The van der Waals surface area contributed by atoms with E-state index in [0.717, 1.165) is 24.2 Å². The van der Waals surface area contributed by atoms with Crippen LogP contribution < -0.4 is 4.74 Å². The van der Waals surface area contributed by atoms with Crippen molar-refractivity contribution in [3.63, 3.8) is 0 Å². The van der Waals surface area contributed by atoms with Crippen molar-refractivity contribution in [1.82, 2.24) is 19.5 Å². The number of ether oxygens (including phenoxy) is 2. The maximum atomic E-state index is 12.8. The standard InChI is InChI=1S/C21H22N4O4/c1-14-19(20-22-10-3-11-25(20)23-14)21(27)29-13-18(26)24(16-6-7-16)12-15-4-8-17(28-2)9-5-15/h3-5,8-11,16H,6-7,12-13H2,1-2H3. The molecule has 1 aromatic carbocycles. The number of fused-ring (bicyclic) bond motifs is 1. The summed E-state index contributed by atoms with van der Waals surface area (Å²) in [6.45, 7) is 1.88. The highest BCUT2D eigenvalue weighted by Crippen LogP contribution is 2.29. The fourth-order valence-corrected chi connectivity index (χ4v) is 3.25. The first-order valence-electron chi connectivity index (χ1n) is 9.46. The molecule has 4 rings (SSSR count). The number of esters is 1. The molecule has 2 heterocycles. The third kappa shape index (κ3) is 4.06. The van der Waals surface area contributed by atoms with Crippen LogP contribution in [0.15, 0.2) is 42.7 Å². The van der Waals surface area contributed by atoms with E-state index in [-0.39, 0.29) is 24.1 Å². The quantitative estimate of drug-likeness (QED) is 0.572. The lowest BCUT2D eigenvalue weighted by molar-refractivity contribution is -0.135. The van der Waals surface area contributed by atoms with Crippen molar-refractivity contribution < 1.29 is 19.1 Å². The van der Waals surface area contributed by atoms with Gasteiger partial charge in [-0.2, -0.15) is 5.10 Å². The molecule has 0 saturated heterocycles. The molecular formula is C21H22N4O4. The fraction of sp³-hybridized carbons (Fsp3) is 0.333. The Hall–Kier alpha value is -3.42. The van der Waals surface area contributed by atoms with Gasteiger partial charge in [-0.05, 0) is 43.5 Å². The second-order valence-corrected chi connectivity index (χ2v) is 7.03. The lowest BCUT2D eigenvalue weighted by Gasteiger charge is -2.22. The highest BCUT2D eigenvalue weighted by molar-refractivity contribution is 5.98. The molecule has 0 N–H and O–H groups in total. The maximum absolute atomic E-state index is 12.8. The number of rotatable bonds is 7. The largest absolute Gasteiger partial charge is 0.497 e. The van der Waals surface area contributed by atoms with Crippen LogP contribution in [0.25, 0.3) is 5.65 Å². The van der Waals surface area contributed by atoms with Crippen molar-refractivity contribution in [3.05, 3.63) is 59.5 Å². The summed E-state index contributed by atoms with van der Waals surface area (Å²) in [4.78, 5) is 31.3. The summed E-state index contributed by atoms with van der Waals surface area (Å²) in [7, 11) is 1.62. The minimum atomic E-state index is -0.593. The molecule has 1 fully saturated rings. The van der Waals surface area contributed by atoms with Gasteiger partial charge in [0.25, 0.3) is 5.91 Å². The molecule has 0 spiro atoms. The predicted molar refractivity (Wildman–Crippen MR) is 105 cm³/mol. The van der Waals surface area contributed by atoms with Gasteiger partial charge < -0.3 is 14.4 Å². The molecule has 1 amide bonds. The van der Waals surface area contributed by atoms with Gasteiger partial charge in [0, 0.05) is 25.0 Å². The van der Waals surface area contributed by atoms with Crippen molar-refractivity contribution in [2.75, 3.05) is 13.7 Å². The van der Waals surface area contributed by atoms with Gasteiger partial charge in [0.15, 0.2) is 12.3 Å². The van der Waals surface area contributed by atoms with Gasteiger partial charge >= 0.3 is 5.97 Å². The Balaban J connectivity index is 1.42. The maximum Gasteiger partial charge on any atom is 0.344 e. The Bertz CT molecular complexity index is 1040. The van der Waals surface area contributed by atoms with Gasteiger partial charge in [0.1, 0.15) is 11.3 Å². The number of carbonyl (C=O) groups is 2. The fourth-order valence-electron chi connectivity index (χ4n) is 3.25. The Morgan fingerprint density at radius 3 is 2.69 bits per heavy atom. The summed E-state index contributed by atoms with van der Waals surface area (Å²) in [6.07, 6.45) is 5.23. The summed E-state index contributed by atoms with van der Waals surface area (Å²) < 4.78 is 12.0. The molecule has 1 saturated carbocycles. The van der Waals surface area contributed by atoms with Crippen molar-refractivity contribution >= 4 is 17.5 Å². The first-order valence-corrected chi connectivity index (χ1v) is 9.46. The second kappa shape index (κ2) is 7.90. The normalized spacial score (nSPS) is 13.3. The van der Waals surface area contributed by atoms with Gasteiger partial charge in [-0.1, -0.05) is 12.1 Å². The van der Waals surface area contributed by atoms with Gasteiger partial charge in [0.2, 0.25) is 0 Å². The number of carbonyl (C=O) groups excluding carboxylic acids is 2. The molecule has 0 unspecified atom stereocenters. The van der Waals surface area contributed by atoms with E-state index >= 15 is 0 Å². The zero-order valence-electron chi connectivity index (χ0n) is 16.4. The van der Waals surface area contributed by atoms with Gasteiger partial charge in [-0.25, -0.2) is 14.3 Å². The summed E-state index contributed by atoms with van der Waals surface area (Å²) in [5.74, 6) is -0.0344. The lowest BCUT2D eigenvalue weighted by atomic mass is 10.2. The van der Waals surface area contributed by atoms with Crippen molar-refractivity contribution in [3.8, 4) is 5.75 Å². The molecule has 0 radical (unpaired) electrons. The summed E-state index contributed by atoms with van der Waals surface area (Å²) in [6, 6.07) is 9.52. The Morgan fingerprint density at radius 1 is 1.24 bits per heavy atom. The van der Waals surface area contributed by atoms with E-state index in [1.807, 2.05) is 24.3 Å². The third-order valence-electron chi connectivity index (χ3n) is 4.92. The van der Waals surface area contributed by atoms with Gasteiger partial charge in [-0.3, -0.25) is 4.79 Å². The number of hydrogen-bond donors (Lipinski definition) is 0. The van der Waals surface area contributed by atoms with Crippen LogP contribution in [0.4, 0.5) is 0 Å². The van der Waals surface area contributed by atoms with Gasteiger partial charge in [-0.15, -0.1) is 0 Å².